The highest BCUT2D eigenvalue weighted by atomic mass is 19.4. The number of oxime groups is 1. The summed E-state index contributed by atoms with van der Waals surface area (Å²) < 4.78 is 41.1. The van der Waals surface area contributed by atoms with Gasteiger partial charge in [-0.15, -0.1) is 0 Å². The minimum atomic E-state index is -4.73. The van der Waals surface area contributed by atoms with Crippen molar-refractivity contribution in [1.82, 2.24) is 0 Å². The molecule has 1 aromatic carbocycles. The number of hydrogen-bond donors (Lipinski definition) is 2. The lowest BCUT2D eigenvalue weighted by Crippen LogP contribution is -2.34. The van der Waals surface area contributed by atoms with E-state index in [1.54, 1.807) is 12.1 Å². The fraction of sp³-hybridized carbons (Fsp3) is 0.364. The van der Waals surface area contributed by atoms with E-state index in [1.807, 2.05) is 0 Å². The predicted octanol–water partition coefficient (Wildman–Crippen LogP) is 2.19. The molecule has 1 unspecified atom stereocenters. The van der Waals surface area contributed by atoms with E-state index in [-0.39, 0.29) is 11.5 Å². The third-order valence-corrected chi connectivity index (χ3v) is 2.20. The molecule has 0 aromatic heterocycles. The lowest BCUT2D eigenvalue weighted by atomic mass is 10.1. The van der Waals surface area contributed by atoms with Gasteiger partial charge in [-0.25, -0.2) is 0 Å². The van der Waals surface area contributed by atoms with Crippen molar-refractivity contribution in [3.05, 3.63) is 29.8 Å². The molecule has 0 heterocycles. The number of aliphatic hydroxyl groups is 1. The van der Waals surface area contributed by atoms with E-state index in [2.05, 4.69) is 5.16 Å². The summed E-state index contributed by atoms with van der Waals surface area (Å²) in [4.78, 5) is 0. The topological polar surface area (TPSA) is 62.1 Å². The third-order valence-electron chi connectivity index (χ3n) is 2.20. The summed E-state index contributed by atoms with van der Waals surface area (Å²) in [7, 11) is 0. The standard InChI is InChI=1S/C11H12F3NO3/c1-7(15-17)8-4-2-3-5-9(8)18-6-10(16)11(12,13)14/h2-5,10,16-17H,6H2,1H3. The Kier molecular flexibility index (Phi) is 4.55. The van der Waals surface area contributed by atoms with Crippen LogP contribution in [0.3, 0.4) is 0 Å². The minimum Gasteiger partial charge on any atom is -0.490 e. The van der Waals surface area contributed by atoms with Gasteiger partial charge in [0.05, 0.1) is 5.71 Å². The molecule has 2 N–H and O–H groups in total. The average molecular weight is 263 g/mol. The number of aliphatic hydroxyl groups excluding tert-OH is 1. The molecule has 4 nitrogen and oxygen atoms in total. The van der Waals surface area contributed by atoms with Gasteiger partial charge in [-0.2, -0.15) is 13.2 Å². The molecule has 0 saturated heterocycles. The van der Waals surface area contributed by atoms with Gasteiger partial charge in [-0.1, -0.05) is 17.3 Å². The summed E-state index contributed by atoms with van der Waals surface area (Å²) >= 11 is 0. The normalized spacial score (nSPS) is 14.4. The monoisotopic (exact) mass is 263 g/mol. The zero-order valence-electron chi connectivity index (χ0n) is 9.48. The molecule has 0 aliphatic carbocycles. The molecule has 0 bridgehead atoms. The molecule has 7 heteroatoms. The molecular weight excluding hydrogens is 251 g/mol. The molecule has 0 aliphatic rings. The number of halogens is 3. The zero-order chi connectivity index (χ0) is 13.8. The maximum atomic E-state index is 12.1. The van der Waals surface area contributed by atoms with E-state index >= 15 is 0 Å². The van der Waals surface area contributed by atoms with Crippen molar-refractivity contribution in [2.45, 2.75) is 19.2 Å². The van der Waals surface area contributed by atoms with Gasteiger partial charge in [-0.3, -0.25) is 0 Å². The van der Waals surface area contributed by atoms with Gasteiger partial charge in [0.2, 0.25) is 0 Å². The van der Waals surface area contributed by atoms with Gasteiger partial charge in [-0.05, 0) is 19.1 Å². The van der Waals surface area contributed by atoms with E-state index in [0.29, 0.717) is 5.56 Å². The van der Waals surface area contributed by atoms with Crippen LogP contribution < -0.4 is 4.74 Å². The number of rotatable bonds is 4. The molecular formula is C11H12F3NO3. The van der Waals surface area contributed by atoms with Gasteiger partial charge in [0.15, 0.2) is 6.10 Å². The van der Waals surface area contributed by atoms with Gasteiger partial charge >= 0.3 is 6.18 Å². The zero-order valence-corrected chi connectivity index (χ0v) is 9.48. The van der Waals surface area contributed by atoms with Crippen LogP contribution in [0.5, 0.6) is 5.75 Å². The second kappa shape index (κ2) is 5.72. The Morgan fingerprint density at radius 2 is 2.00 bits per heavy atom. The van der Waals surface area contributed by atoms with Crippen molar-refractivity contribution in [1.29, 1.82) is 0 Å². The summed E-state index contributed by atoms with van der Waals surface area (Å²) in [6, 6.07) is 6.14. The Morgan fingerprint density at radius 3 is 2.56 bits per heavy atom. The van der Waals surface area contributed by atoms with Crippen molar-refractivity contribution in [3.63, 3.8) is 0 Å². The molecule has 0 radical (unpaired) electrons. The Morgan fingerprint density at radius 1 is 1.39 bits per heavy atom. The summed E-state index contributed by atoms with van der Waals surface area (Å²) in [6.45, 7) is 0.557. The van der Waals surface area contributed by atoms with Crippen molar-refractivity contribution < 1.29 is 28.2 Å². The van der Waals surface area contributed by atoms with Crippen LogP contribution in [0.25, 0.3) is 0 Å². The number of para-hydroxylation sites is 1. The van der Waals surface area contributed by atoms with Crippen molar-refractivity contribution >= 4 is 5.71 Å². The van der Waals surface area contributed by atoms with Crippen LogP contribution in [0.15, 0.2) is 29.4 Å². The largest absolute Gasteiger partial charge is 0.490 e. The summed E-state index contributed by atoms with van der Waals surface area (Å²) in [6.07, 6.45) is -7.29. The molecule has 1 atom stereocenters. The first-order valence-corrected chi connectivity index (χ1v) is 5.02. The van der Waals surface area contributed by atoms with Crippen LogP contribution >= 0.6 is 0 Å². The predicted molar refractivity (Wildman–Crippen MR) is 58.0 cm³/mol. The van der Waals surface area contributed by atoms with Gasteiger partial charge < -0.3 is 15.1 Å². The number of nitrogens with zero attached hydrogens (tertiary/aromatic N) is 1. The van der Waals surface area contributed by atoms with Gasteiger partial charge in [0, 0.05) is 5.56 Å². The minimum absolute atomic E-state index is 0.107. The van der Waals surface area contributed by atoms with Crippen LogP contribution in [-0.4, -0.2) is 34.9 Å². The number of alkyl halides is 3. The highest BCUT2D eigenvalue weighted by Gasteiger charge is 2.38. The van der Waals surface area contributed by atoms with Crippen LogP contribution in [0, 0.1) is 0 Å². The first kappa shape index (κ1) is 14.3. The first-order valence-electron chi connectivity index (χ1n) is 5.02. The van der Waals surface area contributed by atoms with E-state index < -0.39 is 18.9 Å². The Balaban J connectivity index is 2.80. The summed E-state index contributed by atoms with van der Waals surface area (Å²) in [5, 5.41) is 20.4. The SMILES string of the molecule is CC(=NO)c1ccccc1OCC(O)C(F)(F)F. The van der Waals surface area contributed by atoms with E-state index in [1.165, 1.54) is 19.1 Å². The molecule has 18 heavy (non-hydrogen) atoms. The van der Waals surface area contributed by atoms with Gasteiger partial charge in [0.1, 0.15) is 12.4 Å². The van der Waals surface area contributed by atoms with Gasteiger partial charge in [0.25, 0.3) is 0 Å². The van der Waals surface area contributed by atoms with Crippen LogP contribution in [0.4, 0.5) is 13.2 Å². The van der Waals surface area contributed by atoms with E-state index in [9.17, 15) is 13.2 Å². The molecule has 100 valence electrons. The lowest BCUT2D eigenvalue weighted by molar-refractivity contribution is -0.210. The highest BCUT2D eigenvalue weighted by Crippen LogP contribution is 2.23. The molecule has 0 amide bonds. The molecule has 0 saturated carbocycles. The quantitative estimate of drug-likeness (QED) is 0.497. The summed E-state index contributed by atoms with van der Waals surface area (Å²) in [5.41, 5.74) is 0.557. The average Bonchev–Trinajstić information content (AvgIpc) is 2.34. The second-order valence-electron chi connectivity index (χ2n) is 3.55. The van der Waals surface area contributed by atoms with E-state index in [4.69, 9.17) is 15.1 Å². The molecule has 0 spiro atoms. The summed E-state index contributed by atoms with van der Waals surface area (Å²) in [5.74, 6) is 0.107. The number of ether oxygens (including phenoxy) is 1. The Labute approximate surface area is 101 Å². The van der Waals surface area contributed by atoms with E-state index in [0.717, 1.165) is 0 Å². The molecule has 0 fully saturated rings. The number of benzene rings is 1. The number of hydrogen-bond acceptors (Lipinski definition) is 4. The smallest absolute Gasteiger partial charge is 0.417 e. The highest BCUT2D eigenvalue weighted by molar-refractivity contribution is 6.00. The Hall–Kier alpha value is -1.76. The van der Waals surface area contributed by atoms with Crippen molar-refractivity contribution in [2.24, 2.45) is 5.16 Å². The molecule has 1 rings (SSSR count). The third kappa shape index (κ3) is 3.63. The fourth-order valence-electron chi connectivity index (χ4n) is 1.21. The first-order chi connectivity index (χ1) is 8.36. The van der Waals surface area contributed by atoms with Crippen molar-refractivity contribution in [3.8, 4) is 5.75 Å². The van der Waals surface area contributed by atoms with Crippen LogP contribution in [0.1, 0.15) is 12.5 Å². The maximum absolute atomic E-state index is 12.1. The molecule has 1 aromatic rings. The van der Waals surface area contributed by atoms with Crippen molar-refractivity contribution in [2.75, 3.05) is 6.61 Å². The van der Waals surface area contributed by atoms with Crippen LogP contribution in [0.2, 0.25) is 0 Å². The second-order valence-corrected chi connectivity index (χ2v) is 3.55. The Bertz CT molecular complexity index is 432. The lowest BCUT2D eigenvalue weighted by Gasteiger charge is -2.16. The fourth-order valence-corrected chi connectivity index (χ4v) is 1.21. The molecule has 0 aliphatic heterocycles. The van der Waals surface area contributed by atoms with Crippen LogP contribution in [-0.2, 0) is 0 Å². The maximum Gasteiger partial charge on any atom is 0.417 e.